The third-order valence-electron chi connectivity index (χ3n) is 2.66. The van der Waals surface area contributed by atoms with Crippen LogP contribution in [0.5, 0.6) is 0 Å². The van der Waals surface area contributed by atoms with E-state index in [2.05, 4.69) is 5.32 Å². The highest BCUT2D eigenvalue weighted by Crippen LogP contribution is 2.22. The van der Waals surface area contributed by atoms with Crippen LogP contribution in [0.1, 0.15) is 12.5 Å². The van der Waals surface area contributed by atoms with Gasteiger partial charge in [0, 0.05) is 32.8 Å². The van der Waals surface area contributed by atoms with E-state index in [0.29, 0.717) is 17.1 Å². The molecule has 7 heteroatoms. The first-order valence-corrected chi connectivity index (χ1v) is 6.08. The fraction of sp³-hybridized carbons (Fsp3) is 0.417. The van der Waals surface area contributed by atoms with Crippen LogP contribution in [0.15, 0.2) is 18.2 Å². The number of nitrogens with zero attached hydrogens (tertiary/aromatic N) is 2. The van der Waals surface area contributed by atoms with E-state index in [9.17, 15) is 14.9 Å². The Bertz CT molecular complexity index is 491. The summed E-state index contributed by atoms with van der Waals surface area (Å²) in [5.74, 6) is -0.0435. The van der Waals surface area contributed by atoms with Gasteiger partial charge in [0.25, 0.3) is 5.69 Å². The number of amides is 1. The number of nitrogens with one attached hydrogen (secondary N) is 1. The van der Waals surface area contributed by atoms with Gasteiger partial charge in [-0.05, 0) is 18.6 Å². The van der Waals surface area contributed by atoms with Crippen molar-refractivity contribution in [3.63, 3.8) is 0 Å². The summed E-state index contributed by atoms with van der Waals surface area (Å²) in [5.41, 5.74) is 0.664. The van der Waals surface area contributed by atoms with Crippen LogP contribution in [0.3, 0.4) is 0 Å². The standard InChI is InChI=1S/C12H16ClN3O3/c1-8(12(17)15(2)3)14-7-9-4-5-10(16(18)19)6-11(9)13/h4-6,8,14H,7H2,1-3H3. The van der Waals surface area contributed by atoms with Crippen molar-refractivity contribution in [2.45, 2.75) is 19.5 Å². The summed E-state index contributed by atoms with van der Waals surface area (Å²) in [4.78, 5) is 23.2. The van der Waals surface area contributed by atoms with Crippen molar-refractivity contribution in [3.05, 3.63) is 38.9 Å². The molecule has 1 unspecified atom stereocenters. The van der Waals surface area contributed by atoms with Crippen LogP contribution < -0.4 is 5.32 Å². The Labute approximate surface area is 116 Å². The number of halogens is 1. The van der Waals surface area contributed by atoms with Gasteiger partial charge in [0.15, 0.2) is 0 Å². The Morgan fingerprint density at radius 2 is 2.16 bits per heavy atom. The van der Waals surface area contributed by atoms with Crippen LogP contribution in [0.4, 0.5) is 5.69 Å². The first-order chi connectivity index (χ1) is 8.82. The zero-order chi connectivity index (χ0) is 14.6. The number of carbonyl (C=O) groups is 1. The first kappa shape index (κ1) is 15.4. The van der Waals surface area contributed by atoms with Crippen molar-refractivity contribution >= 4 is 23.2 Å². The highest BCUT2D eigenvalue weighted by Gasteiger charge is 2.15. The quantitative estimate of drug-likeness (QED) is 0.661. The van der Waals surface area contributed by atoms with E-state index in [1.54, 1.807) is 27.1 Å². The lowest BCUT2D eigenvalue weighted by Gasteiger charge is -2.18. The molecule has 1 aromatic rings. The second kappa shape index (κ2) is 6.49. The monoisotopic (exact) mass is 285 g/mol. The van der Waals surface area contributed by atoms with E-state index >= 15 is 0 Å². The molecule has 0 aliphatic heterocycles. The van der Waals surface area contributed by atoms with E-state index in [-0.39, 0.29) is 17.6 Å². The molecule has 0 bridgehead atoms. The predicted octanol–water partition coefficient (Wildman–Crippen LogP) is 1.81. The topological polar surface area (TPSA) is 75.5 Å². The van der Waals surface area contributed by atoms with E-state index in [1.165, 1.54) is 17.0 Å². The molecule has 1 aromatic carbocycles. The molecule has 1 amide bonds. The second-order valence-electron chi connectivity index (χ2n) is 4.37. The predicted molar refractivity (Wildman–Crippen MR) is 73.1 cm³/mol. The lowest BCUT2D eigenvalue weighted by Crippen LogP contribution is -2.41. The maximum atomic E-state index is 11.6. The number of benzene rings is 1. The minimum atomic E-state index is -0.499. The van der Waals surface area contributed by atoms with Gasteiger partial charge >= 0.3 is 0 Å². The number of hydrogen-bond donors (Lipinski definition) is 1. The molecule has 0 aliphatic carbocycles. The van der Waals surface area contributed by atoms with Gasteiger partial charge in [-0.2, -0.15) is 0 Å². The Hall–Kier alpha value is -1.66. The summed E-state index contributed by atoms with van der Waals surface area (Å²) >= 11 is 5.96. The zero-order valence-electron chi connectivity index (χ0n) is 11.0. The van der Waals surface area contributed by atoms with Crippen LogP contribution in [0, 0.1) is 10.1 Å². The van der Waals surface area contributed by atoms with E-state index in [0.717, 1.165) is 0 Å². The normalized spacial score (nSPS) is 12.0. The number of likely N-dealkylation sites (N-methyl/N-ethyl adjacent to an activating group) is 1. The Morgan fingerprint density at radius 1 is 1.53 bits per heavy atom. The zero-order valence-corrected chi connectivity index (χ0v) is 11.8. The smallest absolute Gasteiger partial charge is 0.270 e. The summed E-state index contributed by atoms with van der Waals surface area (Å²) in [6.45, 7) is 2.12. The van der Waals surface area contributed by atoms with Gasteiger partial charge in [0.2, 0.25) is 5.91 Å². The van der Waals surface area contributed by atoms with Gasteiger partial charge in [-0.15, -0.1) is 0 Å². The molecule has 0 saturated heterocycles. The van der Waals surface area contributed by atoms with Crippen molar-refractivity contribution < 1.29 is 9.72 Å². The average Bonchev–Trinajstić information content (AvgIpc) is 2.35. The molecule has 1 N–H and O–H groups in total. The molecule has 0 fully saturated rings. The van der Waals surface area contributed by atoms with Crippen molar-refractivity contribution in [2.24, 2.45) is 0 Å². The maximum absolute atomic E-state index is 11.6. The highest BCUT2D eigenvalue weighted by molar-refractivity contribution is 6.31. The fourth-order valence-corrected chi connectivity index (χ4v) is 1.77. The minimum Gasteiger partial charge on any atom is -0.347 e. The summed E-state index contributed by atoms with van der Waals surface area (Å²) in [6, 6.07) is 3.93. The number of rotatable bonds is 5. The van der Waals surface area contributed by atoms with E-state index < -0.39 is 4.92 Å². The third kappa shape index (κ3) is 4.18. The van der Waals surface area contributed by atoms with E-state index in [4.69, 9.17) is 11.6 Å². The van der Waals surface area contributed by atoms with Gasteiger partial charge in [-0.1, -0.05) is 11.6 Å². The molecule has 6 nitrogen and oxygen atoms in total. The number of non-ortho nitro benzene ring substituents is 1. The molecule has 19 heavy (non-hydrogen) atoms. The molecule has 0 radical (unpaired) electrons. The second-order valence-corrected chi connectivity index (χ2v) is 4.78. The Balaban J connectivity index is 2.68. The molecule has 0 aliphatic rings. The van der Waals surface area contributed by atoms with Crippen LogP contribution in [-0.2, 0) is 11.3 Å². The molecule has 104 valence electrons. The SMILES string of the molecule is CC(NCc1ccc([N+](=O)[O-])cc1Cl)C(=O)N(C)C. The number of hydrogen-bond acceptors (Lipinski definition) is 4. The molecule has 1 rings (SSSR count). The van der Waals surface area contributed by atoms with Crippen LogP contribution in [0.2, 0.25) is 5.02 Å². The molecule has 1 atom stereocenters. The maximum Gasteiger partial charge on any atom is 0.270 e. The fourth-order valence-electron chi connectivity index (χ4n) is 1.53. The van der Waals surface area contributed by atoms with E-state index in [1.807, 2.05) is 0 Å². The lowest BCUT2D eigenvalue weighted by atomic mass is 10.2. The first-order valence-electron chi connectivity index (χ1n) is 5.70. The molecule has 0 heterocycles. The summed E-state index contributed by atoms with van der Waals surface area (Å²) in [6.07, 6.45) is 0. The largest absolute Gasteiger partial charge is 0.347 e. The van der Waals surface area contributed by atoms with Crippen molar-refractivity contribution in [1.82, 2.24) is 10.2 Å². The number of nitro groups is 1. The molecule has 0 spiro atoms. The van der Waals surface area contributed by atoms with Gasteiger partial charge in [-0.25, -0.2) is 0 Å². The summed E-state index contributed by atoms with van der Waals surface area (Å²) < 4.78 is 0. The van der Waals surface area contributed by atoms with Crippen LogP contribution >= 0.6 is 11.6 Å². The molecular weight excluding hydrogens is 270 g/mol. The average molecular weight is 286 g/mol. The van der Waals surface area contributed by atoms with Gasteiger partial charge in [-0.3, -0.25) is 14.9 Å². The van der Waals surface area contributed by atoms with Crippen molar-refractivity contribution in [2.75, 3.05) is 14.1 Å². The summed E-state index contributed by atoms with van der Waals surface area (Å²) in [7, 11) is 3.36. The molecule has 0 aromatic heterocycles. The van der Waals surface area contributed by atoms with Crippen molar-refractivity contribution in [3.8, 4) is 0 Å². The van der Waals surface area contributed by atoms with Crippen molar-refractivity contribution in [1.29, 1.82) is 0 Å². The lowest BCUT2D eigenvalue weighted by molar-refractivity contribution is -0.384. The Kier molecular flexibility index (Phi) is 5.26. The molecular formula is C12H16ClN3O3. The number of nitro benzene ring substituents is 1. The molecule has 0 saturated carbocycles. The minimum absolute atomic E-state index is 0.0435. The van der Waals surface area contributed by atoms with Crippen LogP contribution in [0.25, 0.3) is 0 Å². The summed E-state index contributed by atoms with van der Waals surface area (Å²) in [5, 5.41) is 13.9. The number of carbonyl (C=O) groups excluding carboxylic acids is 1. The van der Waals surface area contributed by atoms with Gasteiger partial charge in [0.05, 0.1) is 16.0 Å². The van der Waals surface area contributed by atoms with Gasteiger partial charge in [0.1, 0.15) is 0 Å². The Morgan fingerprint density at radius 3 is 2.63 bits per heavy atom. The highest BCUT2D eigenvalue weighted by atomic mass is 35.5. The van der Waals surface area contributed by atoms with Crippen LogP contribution in [-0.4, -0.2) is 35.9 Å². The van der Waals surface area contributed by atoms with Gasteiger partial charge < -0.3 is 10.2 Å². The third-order valence-corrected chi connectivity index (χ3v) is 3.01.